The van der Waals surface area contributed by atoms with Gasteiger partial charge >= 0.3 is 0 Å². The van der Waals surface area contributed by atoms with Gasteiger partial charge in [-0.1, -0.05) is 0 Å². The van der Waals surface area contributed by atoms with Crippen LogP contribution in [0.1, 0.15) is 6.92 Å². The van der Waals surface area contributed by atoms with Crippen LogP contribution in [0.2, 0.25) is 0 Å². The molecule has 0 aliphatic carbocycles. The first-order chi connectivity index (χ1) is 11.6. The predicted octanol–water partition coefficient (Wildman–Crippen LogP) is -0.790. The Kier molecular flexibility index (Phi) is 10.1. The number of carbonyl (C=O) groups is 2. The summed E-state index contributed by atoms with van der Waals surface area (Å²) in [4.78, 5) is 30.9. The van der Waals surface area contributed by atoms with E-state index >= 15 is 0 Å². The number of hydrogen-bond acceptors (Lipinski definition) is 6. The average Bonchev–Trinajstić information content (AvgIpc) is 2.62. The highest BCUT2D eigenvalue weighted by Crippen LogP contribution is 2.11. The van der Waals surface area contributed by atoms with E-state index in [0.717, 1.165) is 13.1 Å². The van der Waals surface area contributed by atoms with Gasteiger partial charge in [0.2, 0.25) is 11.8 Å². The molecule has 3 heterocycles. The molecular formula is C16H30Cl2N4O4. The van der Waals surface area contributed by atoms with E-state index in [1.807, 2.05) is 16.7 Å². The Labute approximate surface area is 167 Å². The molecular weight excluding hydrogens is 383 g/mol. The summed E-state index contributed by atoms with van der Waals surface area (Å²) >= 11 is 0. The van der Waals surface area contributed by atoms with Gasteiger partial charge in [0.15, 0.2) is 0 Å². The van der Waals surface area contributed by atoms with Crippen LogP contribution in [-0.2, 0) is 19.1 Å². The molecule has 1 N–H and O–H groups in total. The van der Waals surface area contributed by atoms with Crippen LogP contribution < -0.4 is 5.32 Å². The molecule has 152 valence electrons. The fourth-order valence-corrected chi connectivity index (χ4v) is 3.43. The molecule has 3 saturated heterocycles. The van der Waals surface area contributed by atoms with Gasteiger partial charge in [0, 0.05) is 45.8 Å². The SMILES string of the molecule is C[C@H]1OCCN[C@@H]1C(=O)N1CCN(C(=O)CN2CCOCC2)CC1.Cl.Cl. The highest BCUT2D eigenvalue weighted by atomic mass is 35.5. The van der Waals surface area contributed by atoms with E-state index in [2.05, 4.69) is 10.2 Å². The second-order valence-corrected chi connectivity index (χ2v) is 6.60. The van der Waals surface area contributed by atoms with E-state index in [9.17, 15) is 9.59 Å². The average molecular weight is 413 g/mol. The molecule has 2 amide bonds. The van der Waals surface area contributed by atoms with Gasteiger partial charge in [-0.2, -0.15) is 0 Å². The molecule has 0 aromatic heterocycles. The number of piperazine rings is 1. The largest absolute Gasteiger partial charge is 0.379 e. The molecule has 3 aliphatic rings. The quantitative estimate of drug-likeness (QED) is 0.654. The third kappa shape index (κ3) is 5.94. The molecule has 8 nitrogen and oxygen atoms in total. The number of nitrogens with zero attached hydrogens (tertiary/aromatic N) is 3. The van der Waals surface area contributed by atoms with Gasteiger partial charge in [0.1, 0.15) is 6.04 Å². The fourth-order valence-electron chi connectivity index (χ4n) is 3.43. The van der Waals surface area contributed by atoms with Crippen LogP contribution in [-0.4, -0.2) is 111 Å². The Morgan fingerprint density at radius 3 is 2.19 bits per heavy atom. The number of ether oxygens (including phenoxy) is 2. The molecule has 0 radical (unpaired) electrons. The van der Waals surface area contributed by atoms with Crippen molar-refractivity contribution in [2.24, 2.45) is 0 Å². The Hall–Kier alpha value is -0.640. The van der Waals surface area contributed by atoms with Crippen molar-refractivity contribution in [3.63, 3.8) is 0 Å². The number of rotatable bonds is 3. The molecule has 0 aromatic carbocycles. The zero-order chi connectivity index (χ0) is 16.9. The van der Waals surface area contributed by atoms with Gasteiger partial charge in [-0.05, 0) is 6.92 Å². The maximum Gasteiger partial charge on any atom is 0.242 e. The van der Waals surface area contributed by atoms with E-state index in [4.69, 9.17) is 9.47 Å². The summed E-state index contributed by atoms with van der Waals surface area (Å²) in [5, 5.41) is 3.24. The smallest absolute Gasteiger partial charge is 0.242 e. The molecule has 0 saturated carbocycles. The van der Waals surface area contributed by atoms with Gasteiger partial charge in [0.25, 0.3) is 0 Å². The first-order valence-electron chi connectivity index (χ1n) is 8.87. The van der Waals surface area contributed by atoms with Crippen molar-refractivity contribution in [1.29, 1.82) is 0 Å². The number of halogens is 2. The molecule has 3 aliphatic heterocycles. The van der Waals surface area contributed by atoms with Crippen molar-refractivity contribution in [3.05, 3.63) is 0 Å². The van der Waals surface area contributed by atoms with Gasteiger partial charge in [-0.15, -0.1) is 24.8 Å². The predicted molar refractivity (Wildman–Crippen MR) is 102 cm³/mol. The van der Waals surface area contributed by atoms with Crippen LogP contribution in [0.3, 0.4) is 0 Å². The lowest BCUT2D eigenvalue weighted by Gasteiger charge is -2.39. The molecule has 0 spiro atoms. The van der Waals surface area contributed by atoms with Crippen LogP contribution >= 0.6 is 24.8 Å². The standard InChI is InChI=1S/C16H28N4O4.2ClH/c1-13-15(17-2-9-24-13)16(22)20-5-3-19(4-6-20)14(21)12-18-7-10-23-11-8-18;;/h13,15,17H,2-12H2,1H3;2*1H/t13-,15+;;/m1../s1. The van der Waals surface area contributed by atoms with Gasteiger partial charge in [-0.25, -0.2) is 0 Å². The Bertz CT molecular complexity index is 458. The zero-order valence-electron chi connectivity index (χ0n) is 15.2. The number of hydrogen-bond donors (Lipinski definition) is 1. The van der Waals surface area contributed by atoms with Crippen molar-refractivity contribution in [2.75, 3.05) is 72.2 Å². The number of amides is 2. The van der Waals surface area contributed by atoms with Crippen molar-refractivity contribution >= 4 is 36.6 Å². The minimum atomic E-state index is -0.269. The van der Waals surface area contributed by atoms with Gasteiger partial charge in [-0.3, -0.25) is 14.5 Å². The second kappa shape index (κ2) is 11.3. The highest BCUT2D eigenvalue weighted by Gasteiger charge is 2.34. The van der Waals surface area contributed by atoms with Crippen LogP contribution in [0.25, 0.3) is 0 Å². The van der Waals surface area contributed by atoms with E-state index in [-0.39, 0.29) is 48.8 Å². The van der Waals surface area contributed by atoms with Crippen molar-refractivity contribution < 1.29 is 19.1 Å². The second-order valence-electron chi connectivity index (χ2n) is 6.60. The molecule has 0 unspecified atom stereocenters. The van der Waals surface area contributed by atoms with E-state index in [0.29, 0.717) is 59.1 Å². The summed E-state index contributed by atoms with van der Waals surface area (Å²) in [5.74, 6) is 0.235. The number of morpholine rings is 2. The van der Waals surface area contributed by atoms with Crippen molar-refractivity contribution in [3.8, 4) is 0 Å². The van der Waals surface area contributed by atoms with Crippen LogP contribution in [0.15, 0.2) is 0 Å². The third-order valence-corrected chi connectivity index (χ3v) is 4.99. The van der Waals surface area contributed by atoms with Crippen LogP contribution in [0, 0.1) is 0 Å². The number of nitrogens with one attached hydrogen (secondary N) is 1. The first kappa shape index (κ1) is 23.4. The van der Waals surface area contributed by atoms with E-state index in [1.54, 1.807) is 0 Å². The highest BCUT2D eigenvalue weighted by molar-refractivity contribution is 5.85. The summed E-state index contributed by atoms with van der Waals surface area (Å²) < 4.78 is 10.9. The monoisotopic (exact) mass is 412 g/mol. The van der Waals surface area contributed by atoms with Crippen molar-refractivity contribution in [1.82, 2.24) is 20.0 Å². The molecule has 2 atom stereocenters. The normalized spacial score (nSPS) is 27.3. The van der Waals surface area contributed by atoms with Gasteiger partial charge in [0.05, 0.1) is 32.5 Å². The lowest BCUT2D eigenvalue weighted by molar-refractivity contribution is -0.145. The molecule has 0 aromatic rings. The summed E-state index contributed by atoms with van der Waals surface area (Å²) in [7, 11) is 0. The van der Waals surface area contributed by atoms with E-state index in [1.165, 1.54) is 0 Å². The summed E-state index contributed by atoms with van der Waals surface area (Å²) in [6.45, 7) is 9.17. The van der Waals surface area contributed by atoms with Gasteiger partial charge < -0.3 is 24.6 Å². The minimum absolute atomic E-state index is 0. The first-order valence-corrected chi connectivity index (χ1v) is 8.87. The van der Waals surface area contributed by atoms with Crippen molar-refractivity contribution in [2.45, 2.75) is 19.1 Å². The molecule has 26 heavy (non-hydrogen) atoms. The topological polar surface area (TPSA) is 74.4 Å². The van der Waals surface area contributed by atoms with Crippen LogP contribution in [0.5, 0.6) is 0 Å². The molecule has 10 heteroatoms. The maximum atomic E-state index is 12.6. The minimum Gasteiger partial charge on any atom is -0.379 e. The molecule has 3 rings (SSSR count). The van der Waals surface area contributed by atoms with E-state index < -0.39 is 0 Å². The maximum absolute atomic E-state index is 12.6. The summed E-state index contributed by atoms with van der Waals surface area (Å²) in [6, 6.07) is -0.269. The fraction of sp³-hybridized carbons (Fsp3) is 0.875. The molecule has 0 bridgehead atoms. The Morgan fingerprint density at radius 2 is 1.58 bits per heavy atom. The lowest BCUT2D eigenvalue weighted by atomic mass is 10.1. The Morgan fingerprint density at radius 1 is 0.962 bits per heavy atom. The summed E-state index contributed by atoms with van der Waals surface area (Å²) in [5.41, 5.74) is 0. The number of carbonyl (C=O) groups excluding carboxylic acids is 2. The summed E-state index contributed by atoms with van der Waals surface area (Å²) in [6.07, 6.45) is -0.104. The van der Waals surface area contributed by atoms with Crippen LogP contribution in [0.4, 0.5) is 0 Å². The Balaban J connectivity index is 0.00000169. The third-order valence-electron chi connectivity index (χ3n) is 4.99. The zero-order valence-corrected chi connectivity index (χ0v) is 16.9. The molecule has 3 fully saturated rings. The lowest BCUT2D eigenvalue weighted by Crippen LogP contribution is -2.60.